The van der Waals surface area contributed by atoms with Crippen molar-refractivity contribution < 1.29 is 105 Å². The molecule has 2 fully saturated rings. The van der Waals surface area contributed by atoms with Gasteiger partial charge in [-0.2, -0.15) is 10.5 Å². The summed E-state index contributed by atoms with van der Waals surface area (Å²) in [5.74, 6) is -6.56. The smallest absolute Gasteiger partial charge is 0.330 e. The van der Waals surface area contributed by atoms with E-state index in [9.17, 15) is 58.5 Å². The Labute approximate surface area is 527 Å². The highest BCUT2D eigenvalue weighted by Crippen LogP contribution is 2.59. The lowest BCUT2D eigenvalue weighted by molar-refractivity contribution is -0.151. The molecule has 0 spiro atoms. The van der Waals surface area contributed by atoms with Gasteiger partial charge < -0.3 is 56.8 Å². The maximum atomic E-state index is 13.7. The van der Waals surface area contributed by atoms with Gasteiger partial charge >= 0.3 is 59.7 Å². The van der Waals surface area contributed by atoms with E-state index in [1.165, 1.54) is 12.1 Å². The number of allylic oxidation sites excluding steroid dienone is 1. The predicted molar refractivity (Wildman–Crippen MR) is 316 cm³/mol. The average Bonchev–Trinajstić information content (AvgIpc) is 1.72. The fourth-order valence-electron chi connectivity index (χ4n) is 9.08. The highest BCUT2D eigenvalue weighted by atomic mass is 32.2. The lowest BCUT2D eigenvalue weighted by Crippen LogP contribution is -2.30. The normalized spacial score (nSPS) is 16.4. The first-order chi connectivity index (χ1) is 43.5. The minimum absolute atomic E-state index is 0.0302. The van der Waals surface area contributed by atoms with Crippen molar-refractivity contribution in [3.8, 4) is 35.1 Å². The number of hydrogen-bond donors (Lipinski definition) is 0. The Morgan fingerprint density at radius 2 is 0.711 bits per heavy atom. The number of carbonyl (C=O) groups excluding carboxylic acids is 10. The summed E-state index contributed by atoms with van der Waals surface area (Å²) in [6.45, 7) is 7.12. The van der Waals surface area contributed by atoms with Crippen LogP contribution in [-0.4, -0.2) is 126 Å². The number of carbonyl (C=O) groups is 10. The van der Waals surface area contributed by atoms with Gasteiger partial charge in [0.1, 0.15) is 67.1 Å². The molecule has 0 aromatic heterocycles. The molecule has 3 aromatic carbocycles. The van der Waals surface area contributed by atoms with Crippen LogP contribution in [0.1, 0.15) is 88.2 Å². The van der Waals surface area contributed by atoms with Crippen molar-refractivity contribution in [3.63, 3.8) is 0 Å². The topological polar surface area (TPSA) is 329 Å². The van der Waals surface area contributed by atoms with Gasteiger partial charge in [0.05, 0.1) is 103 Å². The van der Waals surface area contributed by atoms with Gasteiger partial charge in [-0.05, 0) is 98.9 Å². The van der Waals surface area contributed by atoms with Crippen LogP contribution in [0.2, 0.25) is 0 Å². The van der Waals surface area contributed by atoms with Crippen LogP contribution in [0.4, 0.5) is 0 Å². The summed E-state index contributed by atoms with van der Waals surface area (Å²) in [7, 11) is 0. The molecular formula is C64H68N2O22S2. The number of ether oxygens (including phenoxy) is 12. The quantitative estimate of drug-likeness (QED) is 0.0136. The third-order valence-electron chi connectivity index (χ3n) is 14.0. The molecule has 3 aromatic rings. The molecular weight excluding hydrogens is 1210 g/mol. The molecule has 0 N–H and O–H groups in total. The molecule has 90 heavy (non-hydrogen) atoms. The van der Waals surface area contributed by atoms with Crippen molar-refractivity contribution in [3.05, 3.63) is 107 Å². The Hall–Kier alpha value is -8.82. The molecule has 6 rings (SSSR count). The van der Waals surface area contributed by atoms with Gasteiger partial charge in [0.2, 0.25) is 0 Å². The number of thioether (sulfide) groups is 2. The fourth-order valence-corrected chi connectivity index (χ4v) is 11.6. The molecule has 24 nitrogen and oxygen atoms in total. The first kappa shape index (κ1) is 70.3. The molecule has 3 aliphatic rings. The SMILES string of the molecule is C=CC(=O)OCCOCCOC(=O)CCC(=O)OCCc1ccc(OC(=O)[C@H]2CC[C@H](C(=O)Oc3ccc(OC(=O)[C@H]4CC[C@H](C(=O)Oc5ccc(CCOC(=O)CCC(=O)OCCOCCOC(=O)C=C)cc5)CC4)c4c3SC(=C(C#N)C#N)S4)CC2)cc1. The lowest BCUT2D eigenvalue weighted by Gasteiger charge is -2.26. The Kier molecular flexibility index (Phi) is 29.6. The first-order valence-corrected chi connectivity index (χ1v) is 30.7. The van der Waals surface area contributed by atoms with E-state index in [0.29, 0.717) is 89.7 Å². The Balaban J connectivity index is 0.870. The van der Waals surface area contributed by atoms with Gasteiger partial charge in [-0.3, -0.25) is 38.4 Å². The summed E-state index contributed by atoms with van der Waals surface area (Å²) in [6.07, 6.45) is 4.92. The van der Waals surface area contributed by atoms with Gasteiger partial charge in [0.25, 0.3) is 0 Å². The summed E-state index contributed by atoms with van der Waals surface area (Å²) in [4.78, 5) is 125. The van der Waals surface area contributed by atoms with E-state index in [-0.39, 0.29) is 109 Å². The van der Waals surface area contributed by atoms with Crippen LogP contribution in [0.5, 0.6) is 23.0 Å². The summed E-state index contributed by atoms with van der Waals surface area (Å²) in [6, 6.07) is 20.2. The molecule has 26 heteroatoms. The third-order valence-corrected chi connectivity index (χ3v) is 16.6. The Morgan fingerprint density at radius 1 is 0.411 bits per heavy atom. The van der Waals surface area contributed by atoms with Gasteiger partial charge in [-0.1, -0.05) is 60.9 Å². The highest BCUT2D eigenvalue weighted by Gasteiger charge is 2.37. The number of rotatable bonds is 34. The van der Waals surface area contributed by atoms with Crippen LogP contribution < -0.4 is 18.9 Å². The molecule has 1 aliphatic heterocycles. The molecule has 2 aliphatic carbocycles. The summed E-state index contributed by atoms with van der Waals surface area (Å²) in [5, 5.41) is 19.4. The number of fused-ring (bicyclic) bond motifs is 1. The predicted octanol–water partition coefficient (Wildman–Crippen LogP) is 8.09. The minimum atomic E-state index is -0.593. The molecule has 0 radical (unpaired) electrons. The zero-order valence-electron chi connectivity index (χ0n) is 49.3. The van der Waals surface area contributed by atoms with Gasteiger partial charge in [0, 0.05) is 25.0 Å². The van der Waals surface area contributed by atoms with Crippen molar-refractivity contribution in [1.82, 2.24) is 0 Å². The molecule has 1 heterocycles. The van der Waals surface area contributed by atoms with Crippen molar-refractivity contribution in [2.24, 2.45) is 23.7 Å². The van der Waals surface area contributed by atoms with E-state index < -0.39 is 83.4 Å². The van der Waals surface area contributed by atoms with Gasteiger partial charge in [-0.25, -0.2) is 9.59 Å². The second-order valence-corrected chi connectivity index (χ2v) is 22.5. The molecule has 2 saturated carbocycles. The second-order valence-electron chi connectivity index (χ2n) is 20.2. The number of esters is 10. The van der Waals surface area contributed by atoms with E-state index in [1.54, 1.807) is 48.5 Å². The molecule has 0 bridgehead atoms. The van der Waals surface area contributed by atoms with Crippen LogP contribution in [0.15, 0.2) is 106 Å². The highest BCUT2D eigenvalue weighted by molar-refractivity contribution is 8.24. The summed E-state index contributed by atoms with van der Waals surface area (Å²) in [5.41, 5.74) is 1.44. The van der Waals surface area contributed by atoms with Crippen LogP contribution in [0.3, 0.4) is 0 Å². The molecule has 0 saturated heterocycles. The van der Waals surface area contributed by atoms with Crippen molar-refractivity contribution in [1.29, 1.82) is 10.5 Å². The zero-order valence-corrected chi connectivity index (χ0v) is 50.9. The van der Waals surface area contributed by atoms with Gasteiger partial charge in [0.15, 0.2) is 0 Å². The number of benzene rings is 3. The van der Waals surface area contributed by atoms with E-state index in [1.807, 2.05) is 12.1 Å². The van der Waals surface area contributed by atoms with Crippen LogP contribution in [0, 0.1) is 46.3 Å². The fraction of sp³-hybridized carbons (Fsp3) is 0.438. The number of nitriles is 2. The Morgan fingerprint density at radius 3 is 1.02 bits per heavy atom. The first-order valence-electron chi connectivity index (χ1n) is 29.0. The summed E-state index contributed by atoms with van der Waals surface area (Å²) < 4.78 is 64.0. The van der Waals surface area contributed by atoms with Gasteiger partial charge in [-0.15, -0.1) is 0 Å². The maximum absolute atomic E-state index is 13.7. The van der Waals surface area contributed by atoms with Crippen molar-refractivity contribution in [2.45, 2.75) is 99.7 Å². The third kappa shape index (κ3) is 23.9. The summed E-state index contributed by atoms with van der Waals surface area (Å²) >= 11 is 2.09. The number of hydrogen-bond acceptors (Lipinski definition) is 26. The number of nitrogens with zero attached hydrogens (tertiary/aromatic N) is 2. The van der Waals surface area contributed by atoms with Crippen LogP contribution in [-0.2, 0) is 98.7 Å². The van der Waals surface area contributed by atoms with E-state index in [2.05, 4.69) is 13.2 Å². The molecule has 478 valence electrons. The Bertz CT molecular complexity index is 2960. The molecule has 0 unspecified atom stereocenters. The lowest BCUT2D eigenvalue weighted by atomic mass is 9.82. The van der Waals surface area contributed by atoms with Crippen molar-refractivity contribution in [2.75, 3.05) is 66.1 Å². The monoisotopic (exact) mass is 1280 g/mol. The van der Waals surface area contributed by atoms with Crippen LogP contribution >= 0.6 is 23.5 Å². The van der Waals surface area contributed by atoms with E-state index >= 15 is 0 Å². The van der Waals surface area contributed by atoms with Crippen LogP contribution in [0.25, 0.3) is 0 Å². The largest absolute Gasteiger partial charge is 0.465 e. The average molecular weight is 1280 g/mol. The minimum Gasteiger partial charge on any atom is -0.465 e. The zero-order chi connectivity index (χ0) is 64.6. The second kappa shape index (κ2) is 37.9. The van der Waals surface area contributed by atoms with Crippen molar-refractivity contribution >= 4 is 83.2 Å². The maximum Gasteiger partial charge on any atom is 0.330 e. The van der Waals surface area contributed by atoms with E-state index in [0.717, 1.165) is 46.8 Å². The molecule has 0 amide bonds. The standard InChI is InChI=1S/C64H68N2O22S2/c1-3-52(67)81-35-31-77-33-37-83-56(71)25-23-54(69)79-29-27-41-5-17-48(18-6-41)85-60(73)43-9-13-45(14-10-43)62(75)87-50-21-22-51(59-58(50)89-64(90-59)47(39-65)40-66)88-63(76)46-15-11-44(12-16-46)61(74)86-49-19-7-42(8-20-49)28-30-80-55(70)24-26-57(72)84-38-34-78-32-36-82-53(68)4-2/h3-8,17-22,43-46H,1-2,9-16,23-38H2/t43-,44-,45-,46-. The molecule has 0 atom stereocenters. The van der Waals surface area contributed by atoms with E-state index in [4.69, 9.17) is 56.8 Å².